The molecule has 0 fully saturated rings. The van der Waals surface area contributed by atoms with Crippen LogP contribution in [0.2, 0.25) is 0 Å². The van der Waals surface area contributed by atoms with Gasteiger partial charge < -0.3 is 10.1 Å². The van der Waals surface area contributed by atoms with Crippen LogP contribution in [-0.2, 0) is 9.53 Å². The van der Waals surface area contributed by atoms with Gasteiger partial charge in [0.2, 0.25) is 5.91 Å². The molecule has 13 heavy (non-hydrogen) atoms. The van der Waals surface area contributed by atoms with Crippen molar-refractivity contribution in [3.63, 3.8) is 0 Å². The highest BCUT2D eigenvalue weighted by Crippen LogP contribution is 2.05. The summed E-state index contributed by atoms with van der Waals surface area (Å²) >= 11 is 0. The molecule has 0 aliphatic heterocycles. The molecule has 3 nitrogen and oxygen atoms in total. The summed E-state index contributed by atoms with van der Waals surface area (Å²) in [7, 11) is 1.62. The average Bonchev–Trinajstić information content (AvgIpc) is 2.15. The fourth-order valence-electron chi connectivity index (χ4n) is 0.893. The molecule has 1 unspecified atom stereocenters. The van der Waals surface area contributed by atoms with Crippen molar-refractivity contribution in [2.75, 3.05) is 13.7 Å². The van der Waals surface area contributed by atoms with Crippen LogP contribution < -0.4 is 5.32 Å². The van der Waals surface area contributed by atoms with E-state index in [1.807, 2.05) is 34.6 Å². The molecular formula is C10H23NO2. The molecule has 3 heteroatoms. The first kappa shape index (κ1) is 14.9. The van der Waals surface area contributed by atoms with Gasteiger partial charge in [-0.1, -0.05) is 27.7 Å². The first-order valence-electron chi connectivity index (χ1n) is 4.96. The summed E-state index contributed by atoms with van der Waals surface area (Å²) in [6.07, 6.45) is -0.301. The molecule has 0 saturated carbocycles. The zero-order valence-corrected chi connectivity index (χ0v) is 9.68. The van der Waals surface area contributed by atoms with Gasteiger partial charge in [-0.25, -0.2) is 0 Å². The smallest absolute Gasteiger partial charge is 0.249 e. The minimum Gasteiger partial charge on any atom is -0.368 e. The van der Waals surface area contributed by atoms with Gasteiger partial charge in [0.1, 0.15) is 6.10 Å². The fraction of sp³-hybridized carbons (Fsp3) is 0.900. The summed E-state index contributed by atoms with van der Waals surface area (Å²) in [4.78, 5) is 11.1. The Morgan fingerprint density at radius 2 is 1.85 bits per heavy atom. The highest BCUT2D eigenvalue weighted by Gasteiger charge is 2.20. The van der Waals surface area contributed by atoms with Gasteiger partial charge >= 0.3 is 0 Å². The number of nitrogens with one attached hydrogen (secondary N) is 1. The Labute approximate surface area is 81.9 Å². The minimum atomic E-state index is -0.301. The van der Waals surface area contributed by atoms with Crippen molar-refractivity contribution in [3.8, 4) is 0 Å². The molecule has 80 valence electrons. The summed E-state index contributed by atoms with van der Waals surface area (Å²) in [6, 6.07) is 0. The number of hydrogen-bond donors (Lipinski definition) is 1. The SMILES string of the molecule is CC.CCOC(C(=O)NC)C(C)C. The number of amides is 1. The Kier molecular flexibility index (Phi) is 10.9. The summed E-state index contributed by atoms with van der Waals surface area (Å²) in [5, 5.41) is 2.57. The molecule has 0 aromatic heterocycles. The van der Waals surface area contributed by atoms with Gasteiger partial charge in [0.25, 0.3) is 0 Å². The molecular weight excluding hydrogens is 166 g/mol. The zero-order chi connectivity index (χ0) is 10.9. The second-order valence-corrected chi connectivity index (χ2v) is 2.73. The lowest BCUT2D eigenvalue weighted by atomic mass is 10.1. The van der Waals surface area contributed by atoms with E-state index in [1.165, 1.54) is 0 Å². The zero-order valence-electron chi connectivity index (χ0n) is 9.68. The Balaban J connectivity index is 0. The van der Waals surface area contributed by atoms with E-state index in [0.717, 1.165) is 0 Å². The van der Waals surface area contributed by atoms with Gasteiger partial charge in [-0.3, -0.25) is 4.79 Å². The molecule has 0 radical (unpaired) electrons. The van der Waals surface area contributed by atoms with Crippen LogP contribution in [0.3, 0.4) is 0 Å². The van der Waals surface area contributed by atoms with E-state index in [-0.39, 0.29) is 17.9 Å². The summed E-state index contributed by atoms with van der Waals surface area (Å²) < 4.78 is 5.24. The minimum absolute atomic E-state index is 0.0400. The third-order valence-electron chi connectivity index (χ3n) is 1.46. The van der Waals surface area contributed by atoms with E-state index in [9.17, 15) is 4.79 Å². The first-order valence-corrected chi connectivity index (χ1v) is 4.96. The van der Waals surface area contributed by atoms with Crippen molar-refractivity contribution in [1.82, 2.24) is 5.32 Å². The van der Waals surface area contributed by atoms with Crippen LogP contribution in [-0.4, -0.2) is 25.7 Å². The Bertz CT molecular complexity index is 124. The summed E-state index contributed by atoms with van der Waals surface area (Å²) in [6.45, 7) is 10.4. The maximum Gasteiger partial charge on any atom is 0.249 e. The average molecular weight is 189 g/mol. The summed E-state index contributed by atoms with van der Waals surface area (Å²) in [5.74, 6) is 0.191. The Hall–Kier alpha value is -0.570. The van der Waals surface area contributed by atoms with E-state index in [2.05, 4.69) is 5.32 Å². The lowest BCUT2D eigenvalue weighted by molar-refractivity contribution is -0.134. The third kappa shape index (κ3) is 6.58. The van der Waals surface area contributed by atoms with Crippen molar-refractivity contribution in [3.05, 3.63) is 0 Å². The number of rotatable bonds is 4. The van der Waals surface area contributed by atoms with Crippen molar-refractivity contribution in [2.24, 2.45) is 5.92 Å². The van der Waals surface area contributed by atoms with Gasteiger partial charge in [0.15, 0.2) is 0 Å². The van der Waals surface area contributed by atoms with E-state index >= 15 is 0 Å². The third-order valence-corrected chi connectivity index (χ3v) is 1.46. The monoisotopic (exact) mass is 189 g/mol. The van der Waals surface area contributed by atoms with Crippen LogP contribution in [0.4, 0.5) is 0 Å². The molecule has 0 aliphatic rings. The number of carbonyl (C=O) groups is 1. The molecule has 0 bridgehead atoms. The highest BCUT2D eigenvalue weighted by molar-refractivity contribution is 5.80. The maximum absolute atomic E-state index is 11.1. The molecule has 0 aliphatic carbocycles. The molecule has 0 spiro atoms. The lowest BCUT2D eigenvalue weighted by Crippen LogP contribution is -2.37. The van der Waals surface area contributed by atoms with Crippen LogP contribution in [0.5, 0.6) is 0 Å². The molecule has 0 rings (SSSR count). The van der Waals surface area contributed by atoms with Gasteiger partial charge in [-0.05, 0) is 12.8 Å². The highest BCUT2D eigenvalue weighted by atomic mass is 16.5. The van der Waals surface area contributed by atoms with E-state index in [4.69, 9.17) is 4.74 Å². The van der Waals surface area contributed by atoms with E-state index in [0.29, 0.717) is 6.61 Å². The second kappa shape index (κ2) is 9.52. The topological polar surface area (TPSA) is 38.3 Å². The predicted octanol–water partition coefficient (Wildman–Crippen LogP) is 1.82. The number of ether oxygens (including phenoxy) is 1. The Morgan fingerprint density at radius 1 is 1.38 bits per heavy atom. The quantitative estimate of drug-likeness (QED) is 0.732. The molecule has 1 N–H and O–H groups in total. The van der Waals surface area contributed by atoms with Crippen LogP contribution in [0.15, 0.2) is 0 Å². The van der Waals surface area contributed by atoms with Crippen molar-refractivity contribution in [1.29, 1.82) is 0 Å². The second-order valence-electron chi connectivity index (χ2n) is 2.73. The van der Waals surface area contributed by atoms with Gasteiger partial charge in [-0.15, -0.1) is 0 Å². The first-order chi connectivity index (χ1) is 6.13. The van der Waals surface area contributed by atoms with Gasteiger partial charge in [0.05, 0.1) is 0 Å². The molecule has 0 aromatic carbocycles. The van der Waals surface area contributed by atoms with Crippen molar-refractivity contribution >= 4 is 5.91 Å². The standard InChI is InChI=1S/C8H17NO2.C2H6/c1-5-11-7(6(2)3)8(10)9-4;1-2/h6-7H,5H2,1-4H3,(H,9,10);1-2H3. The molecule has 0 aromatic rings. The number of likely N-dealkylation sites (N-methyl/N-ethyl adjacent to an activating group) is 1. The van der Waals surface area contributed by atoms with E-state index < -0.39 is 0 Å². The predicted molar refractivity (Wildman–Crippen MR) is 55.7 cm³/mol. The largest absolute Gasteiger partial charge is 0.368 e. The molecule has 0 saturated heterocycles. The molecule has 1 atom stereocenters. The van der Waals surface area contributed by atoms with Crippen molar-refractivity contribution in [2.45, 2.75) is 40.7 Å². The van der Waals surface area contributed by atoms with Gasteiger partial charge in [-0.2, -0.15) is 0 Å². The van der Waals surface area contributed by atoms with E-state index in [1.54, 1.807) is 7.05 Å². The number of hydrogen-bond acceptors (Lipinski definition) is 2. The van der Waals surface area contributed by atoms with Gasteiger partial charge in [0, 0.05) is 13.7 Å². The lowest BCUT2D eigenvalue weighted by Gasteiger charge is -2.18. The van der Waals surface area contributed by atoms with Crippen LogP contribution >= 0.6 is 0 Å². The number of carbonyl (C=O) groups excluding carboxylic acids is 1. The van der Waals surface area contributed by atoms with Crippen LogP contribution in [0.25, 0.3) is 0 Å². The Morgan fingerprint density at radius 3 is 2.08 bits per heavy atom. The van der Waals surface area contributed by atoms with Crippen LogP contribution in [0.1, 0.15) is 34.6 Å². The molecule has 1 amide bonds. The maximum atomic E-state index is 11.1. The summed E-state index contributed by atoms with van der Waals surface area (Å²) in [5.41, 5.74) is 0. The fourth-order valence-corrected chi connectivity index (χ4v) is 0.893. The van der Waals surface area contributed by atoms with Crippen molar-refractivity contribution < 1.29 is 9.53 Å². The van der Waals surface area contributed by atoms with Crippen LogP contribution in [0, 0.1) is 5.92 Å². The molecule has 0 heterocycles. The normalized spacial score (nSPS) is 11.6.